The van der Waals surface area contributed by atoms with Crippen molar-refractivity contribution in [2.24, 2.45) is 5.41 Å². The Morgan fingerprint density at radius 3 is 2.25 bits per heavy atom. The van der Waals surface area contributed by atoms with Gasteiger partial charge < -0.3 is 0 Å². The topological polar surface area (TPSA) is 25.8 Å². The van der Waals surface area contributed by atoms with Crippen molar-refractivity contribution >= 4 is 27.3 Å². The quantitative estimate of drug-likeness (QED) is 0.761. The van der Waals surface area contributed by atoms with Gasteiger partial charge in [0.15, 0.2) is 3.92 Å². The summed E-state index contributed by atoms with van der Waals surface area (Å²) in [6, 6.07) is 0. The standard InChI is InChI=1S/C8H13BrN2S/c1-5(8(2,3)4)6-10-11-7(9)12-6/h5H,1-4H3. The van der Waals surface area contributed by atoms with Gasteiger partial charge in [0.2, 0.25) is 0 Å². The van der Waals surface area contributed by atoms with E-state index < -0.39 is 0 Å². The van der Waals surface area contributed by atoms with E-state index in [9.17, 15) is 0 Å². The molecule has 0 bridgehead atoms. The van der Waals surface area contributed by atoms with Gasteiger partial charge in [-0.2, -0.15) is 0 Å². The SMILES string of the molecule is CC(c1nnc(Br)s1)C(C)(C)C. The molecular formula is C8H13BrN2S. The predicted octanol–water partition coefficient (Wildman–Crippen LogP) is 3.45. The number of rotatable bonds is 1. The molecular weight excluding hydrogens is 236 g/mol. The molecule has 68 valence electrons. The number of nitrogens with zero attached hydrogens (tertiary/aromatic N) is 2. The van der Waals surface area contributed by atoms with E-state index in [-0.39, 0.29) is 5.41 Å². The Morgan fingerprint density at radius 1 is 1.33 bits per heavy atom. The Hall–Kier alpha value is 0.0400. The van der Waals surface area contributed by atoms with E-state index in [0.29, 0.717) is 5.92 Å². The Labute approximate surface area is 85.5 Å². The molecule has 1 aromatic heterocycles. The monoisotopic (exact) mass is 248 g/mol. The highest BCUT2D eigenvalue weighted by molar-refractivity contribution is 9.11. The van der Waals surface area contributed by atoms with Crippen molar-refractivity contribution < 1.29 is 0 Å². The van der Waals surface area contributed by atoms with Crippen molar-refractivity contribution in [3.8, 4) is 0 Å². The molecule has 0 spiro atoms. The number of hydrogen-bond acceptors (Lipinski definition) is 3. The molecule has 1 heterocycles. The molecule has 0 aromatic carbocycles. The molecule has 0 aliphatic rings. The van der Waals surface area contributed by atoms with Crippen LogP contribution < -0.4 is 0 Å². The average molecular weight is 249 g/mol. The van der Waals surface area contributed by atoms with Crippen molar-refractivity contribution in [1.29, 1.82) is 0 Å². The fourth-order valence-corrected chi connectivity index (χ4v) is 2.20. The van der Waals surface area contributed by atoms with Gasteiger partial charge >= 0.3 is 0 Å². The smallest absolute Gasteiger partial charge is 0.142 e. The summed E-state index contributed by atoms with van der Waals surface area (Å²) >= 11 is 4.93. The van der Waals surface area contributed by atoms with Gasteiger partial charge in [0, 0.05) is 5.92 Å². The van der Waals surface area contributed by atoms with E-state index in [2.05, 4.69) is 53.8 Å². The maximum atomic E-state index is 4.10. The van der Waals surface area contributed by atoms with Gasteiger partial charge in [-0.25, -0.2) is 0 Å². The molecule has 1 unspecified atom stereocenters. The molecule has 0 aliphatic heterocycles. The molecule has 0 radical (unpaired) electrons. The Bertz CT molecular complexity index is 264. The van der Waals surface area contributed by atoms with Crippen LogP contribution >= 0.6 is 27.3 Å². The van der Waals surface area contributed by atoms with Gasteiger partial charge in [-0.1, -0.05) is 39.0 Å². The highest BCUT2D eigenvalue weighted by Crippen LogP contribution is 2.36. The number of aromatic nitrogens is 2. The lowest BCUT2D eigenvalue weighted by molar-refractivity contribution is 0.337. The summed E-state index contributed by atoms with van der Waals surface area (Å²) in [6.07, 6.45) is 0. The lowest BCUT2D eigenvalue weighted by Gasteiger charge is -2.24. The van der Waals surface area contributed by atoms with Crippen LogP contribution in [0.2, 0.25) is 0 Å². The highest BCUT2D eigenvalue weighted by atomic mass is 79.9. The second-order valence-electron chi connectivity index (χ2n) is 3.98. The highest BCUT2D eigenvalue weighted by Gasteiger charge is 2.24. The third kappa shape index (κ3) is 2.26. The van der Waals surface area contributed by atoms with E-state index in [0.717, 1.165) is 8.92 Å². The van der Waals surface area contributed by atoms with E-state index in [1.54, 1.807) is 11.3 Å². The minimum absolute atomic E-state index is 0.263. The zero-order valence-corrected chi connectivity index (χ0v) is 10.2. The van der Waals surface area contributed by atoms with Crippen molar-refractivity contribution in [2.45, 2.75) is 33.6 Å². The van der Waals surface area contributed by atoms with Crippen molar-refractivity contribution in [1.82, 2.24) is 10.2 Å². The fourth-order valence-electron chi connectivity index (χ4n) is 0.761. The van der Waals surface area contributed by atoms with Crippen LogP contribution in [0.3, 0.4) is 0 Å². The second kappa shape index (κ2) is 3.42. The summed E-state index contributed by atoms with van der Waals surface area (Å²) in [5, 5.41) is 9.15. The second-order valence-corrected chi connectivity index (χ2v) is 6.27. The van der Waals surface area contributed by atoms with Crippen LogP contribution in [-0.4, -0.2) is 10.2 Å². The van der Waals surface area contributed by atoms with Gasteiger partial charge in [0.25, 0.3) is 0 Å². The maximum absolute atomic E-state index is 4.10. The van der Waals surface area contributed by atoms with Crippen LogP contribution in [0.4, 0.5) is 0 Å². The van der Waals surface area contributed by atoms with Crippen LogP contribution in [-0.2, 0) is 0 Å². The molecule has 0 saturated carbocycles. The first-order valence-corrected chi connectivity index (χ1v) is 5.51. The van der Waals surface area contributed by atoms with Gasteiger partial charge in [0.05, 0.1) is 0 Å². The lowest BCUT2D eigenvalue weighted by Crippen LogP contribution is -2.14. The number of halogens is 1. The van der Waals surface area contributed by atoms with E-state index in [1.165, 1.54) is 0 Å². The minimum Gasteiger partial charge on any atom is -0.142 e. The van der Waals surface area contributed by atoms with Gasteiger partial charge in [-0.05, 0) is 21.3 Å². The van der Waals surface area contributed by atoms with Crippen LogP contribution in [0.15, 0.2) is 3.92 Å². The largest absolute Gasteiger partial charge is 0.183 e. The third-order valence-corrected chi connectivity index (χ3v) is 3.62. The van der Waals surface area contributed by atoms with Crippen molar-refractivity contribution in [2.75, 3.05) is 0 Å². The fraction of sp³-hybridized carbons (Fsp3) is 0.750. The molecule has 1 rings (SSSR count). The van der Waals surface area contributed by atoms with Crippen molar-refractivity contribution in [3.63, 3.8) is 0 Å². The normalized spacial score (nSPS) is 14.8. The summed E-state index contributed by atoms with van der Waals surface area (Å²) in [4.78, 5) is 0. The van der Waals surface area contributed by atoms with E-state index >= 15 is 0 Å². The van der Waals surface area contributed by atoms with E-state index in [4.69, 9.17) is 0 Å². The first-order chi connectivity index (χ1) is 5.41. The summed E-state index contributed by atoms with van der Waals surface area (Å²) in [5.41, 5.74) is 0.263. The zero-order valence-electron chi connectivity index (χ0n) is 7.76. The van der Waals surface area contributed by atoms with Crippen molar-refractivity contribution in [3.05, 3.63) is 8.92 Å². The molecule has 1 aromatic rings. The van der Waals surface area contributed by atoms with Crippen LogP contribution in [0.1, 0.15) is 38.6 Å². The molecule has 0 N–H and O–H groups in total. The van der Waals surface area contributed by atoms with Crippen LogP contribution in [0.25, 0.3) is 0 Å². The summed E-state index contributed by atoms with van der Waals surface area (Å²) in [6.45, 7) is 8.83. The number of hydrogen-bond donors (Lipinski definition) is 0. The summed E-state index contributed by atoms with van der Waals surface area (Å²) < 4.78 is 0.869. The molecule has 2 nitrogen and oxygen atoms in total. The van der Waals surface area contributed by atoms with Gasteiger partial charge in [-0.15, -0.1) is 10.2 Å². The van der Waals surface area contributed by atoms with Gasteiger partial charge in [-0.3, -0.25) is 0 Å². The minimum atomic E-state index is 0.263. The Balaban J connectivity index is 2.85. The summed E-state index contributed by atoms with van der Waals surface area (Å²) in [5.74, 6) is 0.460. The first kappa shape index (κ1) is 10.1. The van der Waals surface area contributed by atoms with Gasteiger partial charge in [0.1, 0.15) is 5.01 Å². The average Bonchev–Trinajstić information content (AvgIpc) is 2.32. The molecule has 4 heteroatoms. The zero-order chi connectivity index (χ0) is 9.35. The molecule has 12 heavy (non-hydrogen) atoms. The maximum Gasteiger partial charge on any atom is 0.183 e. The molecule has 0 fully saturated rings. The van der Waals surface area contributed by atoms with E-state index in [1.807, 2.05) is 0 Å². The third-order valence-electron chi connectivity index (χ3n) is 2.09. The van der Waals surface area contributed by atoms with Crippen LogP contribution in [0, 0.1) is 5.41 Å². The van der Waals surface area contributed by atoms with Crippen LogP contribution in [0.5, 0.6) is 0 Å². The molecule has 1 atom stereocenters. The molecule has 0 aliphatic carbocycles. The predicted molar refractivity (Wildman–Crippen MR) is 55.5 cm³/mol. The Morgan fingerprint density at radius 2 is 1.92 bits per heavy atom. The first-order valence-electron chi connectivity index (χ1n) is 3.90. The molecule has 0 saturated heterocycles. The summed E-state index contributed by atoms with van der Waals surface area (Å²) in [7, 11) is 0. The lowest BCUT2D eigenvalue weighted by atomic mass is 9.83. The molecule has 0 amide bonds. The Kier molecular flexibility index (Phi) is 2.88.